The summed E-state index contributed by atoms with van der Waals surface area (Å²) in [6.07, 6.45) is 3.28. The van der Waals surface area contributed by atoms with Gasteiger partial charge in [0.2, 0.25) is 0 Å². The van der Waals surface area contributed by atoms with Crippen LogP contribution in [0.3, 0.4) is 0 Å². The van der Waals surface area contributed by atoms with Crippen molar-refractivity contribution < 1.29 is 19.4 Å². The van der Waals surface area contributed by atoms with Crippen LogP contribution in [0.25, 0.3) is 0 Å². The van der Waals surface area contributed by atoms with E-state index >= 15 is 0 Å². The van der Waals surface area contributed by atoms with Gasteiger partial charge in [0.05, 0.1) is 11.3 Å². The molecule has 1 saturated carbocycles. The van der Waals surface area contributed by atoms with Crippen LogP contribution in [0.1, 0.15) is 41.6 Å². The van der Waals surface area contributed by atoms with Gasteiger partial charge in [0.15, 0.2) is 0 Å². The molecule has 0 aliphatic heterocycles. The van der Waals surface area contributed by atoms with E-state index < -0.39 is 12.1 Å². The largest absolute Gasteiger partial charge is 0.478 e. The molecule has 2 N–H and O–H groups in total. The Labute approximate surface area is 111 Å². The van der Waals surface area contributed by atoms with Gasteiger partial charge in [0.25, 0.3) is 0 Å². The number of rotatable bonds is 3. The van der Waals surface area contributed by atoms with E-state index in [2.05, 4.69) is 5.32 Å². The van der Waals surface area contributed by atoms with Gasteiger partial charge in [0.1, 0.15) is 6.10 Å². The molecule has 0 saturated heterocycles. The Hall–Kier alpha value is -2.04. The van der Waals surface area contributed by atoms with Crippen molar-refractivity contribution in [1.82, 2.24) is 0 Å². The van der Waals surface area contributed by atoms with E-state index in [-0.39, 0.29) is 17.4 Å². The standard InChI is InChI=1S/C14H17NO4/c1-9-6-7-12(11(8-9)13(16)17)15-14(18)19-10-4-2-3-5-10/h6-8,10H,2-5H2,1H3,(H,15,18)(H,16,17). The van der Waals surface area contributed by atoms with Crippen molar-refractivity contribution in [2.75, 3.05) is 5.32 Å². The highest BCUT2D eigenvalue weighted by Gasteiger charge is 2.20. The predicted molar refractivity (Wildman–Crippen MR) is 70.5 cm³/mol. The summed E-state index contributed by atoms with van der Waals surface area (Å²) in [6, 6.07) is 4.85. The SMILES string of the molecule is Cc1ccc(NC(=O)OC2CCCC2)c(C(=O)O)c1. The van der Waals surface area contributed by atoms with E-state index in [1.807, 2.05) is 0 Å². The fourth-order valence-corrected chi connectivity index (χ4v) is 2.24. The van der Waals surface area contributed by atoms with E-state index in [0.717, 1.165) is 31.2 Å². The minimum absolute atomic E-state index is 0.0428. The highest BCUT2D eigenvalue weighted by Crippen LogP contribution is 2.22. The lowest BCUT2D eigenvalue weighted by Gasteiger charge is -2.13. The quantitative estimate of drug-likeness (QED) is 0.878. The fraction of sp³-hybridized carbons (Fsp3) is 0.429. The Bertz CT molecular complexity index is 492. The molecule has 0 aromatic heterocycles. The van der Waals surface area contributed by atoms with E-state index in [1.54, 1.807) is 19.1 Å². The second kappa shape index (κ2) is 5.73. The van der Waals surface area contributed by atoms with Crippen LogP contribution in [-0.4, -0.2) is 23.3 Å². The third-order valence-electron chi connectivity index (χ3n) is 3.22. The number of carboxylic acids is 1. The summed E-state index contributed by atoms with van der Waals surface area (Å²) in [4.78, 5) is 22.8. The minimum atomic E-state index is -1.07. The number of hydrogen-bond acceptors (Lipinski definition) is 3. The minimum Gasteiger partial charge on any atom is -0.478 e. The van der Waals surface area contributed by atoms with Crippen LogP contribution in [-0.2, 0) is 4.74 Å². The van der Waals surface area contributed by atoms with Gasteiger partial charge in [-0.05, 0) is 44.7 Å². The Morgan fingerprint density at radius 2 is 2.00 bits per heavy atom. The third kappa shape index (κ3) is 3.47. The highest BCUT2D eigenvalue weighted by molar-refractivity contribution is 5.98. The summed E-state index contributed by atoms with van der Waals surface area (Å²) in [5.41, 5.74) is 1.16. The van der Waals surface area contributed by atoms with Gasteiger partial charge in [-0.3, -0.25) is 5.32 Å². The van der Waals surface area contributed by atoms with E-state index in [0.29, 0.717) is 0 Å². The average Bonchev–Trinajstić information content (AvgIpc) is 2.83. The normalized spacial score (nSPS) is 15.2. The van der Waals surface area contributed by atoms with Crippen LogP contribution in [0.2, 0.25) is 0 Å². The first-order chi connectivity index (χ1) is 9.06. The molecule has 5 nitrogen and oxygen atoms in total. The Morgan fingerprint density at radius 3 is 2.63 bits per heavy atom. The molecule has 0 radical (unpaired) electrons. The molecule has 0 atom stereocenters. The van der Waals surface area contributed by atoms with Crippen LogP contribution in [0.5, 0.6) is 0 Å². The topological polar surface area (TPSA) is 75.6 Å². The zero-order valence-electron chi connectivity index (χ0n) is 10.8. The zero-order valence-corrected chi connectivity index (χ0v) is 10.8. The number of aryl methyl sites for hydroxylation is 1. The number of ether oxygens (including phenoxy) is 1. The first-order valence-corrected chi connectivity index (χ1v) is 6.38. The van der Waals surface area contributed by atoms with Crippen LogP contribution in [0.4, 0.5) is 10.5 Å². The fourth-order valence-electron chi connectivity index (χ4n) is 2.24. The van der Waals surface area contributed by atoms with Crippen LogP contribution in [0, 0.1) is 6.92 Å². The smallest absolute Gasteiger partial charge is 0.411 e. The number of carbonyl (C=O) groups is 2. The lowest BCUT2D eigenvalue weighted by molar-refractivity contribution is 0.0698. The van der Waals surface area contributed by atoms with Crippen molar-refractivity contribution in [2.45, 2.75) is 38.7 Å². The van der Waals surface area contributed by atoms with Crippen LogP contribution >= 0.6 is 0 Å². The predicted octanol–water partition coefficient (Wildman–Crippen LogP) is 3.18. The van der Waals surface area contributed by atoms with E-state index in [9.17, 15) is 9.59 Å². The molecule has 5 heteroatoms. The molecule has 2 rings (SSSR count). The van der Waals surface area contributed by atoms with Crippen molar-refractivity contribution in [3.63, 3.8) is 0 Å². The molecule has 0 heterocycles. The number of nitrogens with one attached hydrogen (secondary N) is 1. The maximum atomic E-state index is 11.7. The molecular weight excluding hydrogens is 246 g/mol. The molecule has 1 fully saturated rings. The van der Waals surface area contributed by atoms with Gasteiger partial charge in [0, 0.05) is 0 Å². The molecule has 1 aliphatic rings. The molecule has 0 bridgehead atoms. The van der Waals surface area contributed by atoms with Crippen molar-refractivity contribution >= 4 is 17.7 Å². The summed E-state index contributed by atoms with van der Waals surface area (Å²) >= 11 is 0. The van der Waals surface area contributed by atoms with E-state index in [1.165, 1.54) is 6.07 Å². The van der Waals surface area contributed by atoms with Gasteiger partial charge in [-0.2, -0.15) is 0 Å². The molecule has 102 valence electrons. The van der Waals surface area contributed by atoms with Crippen molar-refractivity contribution in [3.8, 4) is 0 Å². The maximum absolute atomic E-state index is 11.7. The molecule has 0 unspecified atom stereocenters. The van der Waals surface area contributed by atoms with Crippen molar-refractivity contribution in [2.24, 2.45) is 0 Å². The molecule has 1 aromatic rings. The Morgan fingerprint density at radius 1 is 1.32 bits per heavy atom. The number of carboxylic acid groups (broad SMARTS) is 1. The summed E-state index contributed by atoms with van der Waals surface area (Å²) in [5, 5.41) is 11.6. The number of carbonyl (C=O) groups excluding carboxylic acids is 1. The summed E-state index contributed by atoms with van der Waals surface area (Å²) in [7, 11) is 0. The molecule has 19 heavy (non-hydrogen) atoms. The number of amides is 1. The lowest BCUT2D eigenvalue weighted by atomic mass is 10.1. The first kappa shape index (κ1) is 13.4. The number of aromatic carboxylic acids is 1. The molecule has 1 amide bonds. The Balaban J connectivity index is 2.05. The average molecular weight is 263 g/mol. The third-order valence-corrected chi connectivity index (χ3v) is 3.22. The second-order valence-electron chi connectivity index (χ2n) is 4.79. The molecular formula is C14H17NO4. The van der Waals surface area contributed by atoms with Gasteiger partial charge in [-0.1, -0.05) is 11.6 Å². The Kier molecular flexibility index (Phi) is 4.04. The molecule has 0 spiro atoms. The van der Waals surface area contributed by atoms with Gasteiger partial charge in [-0.25, -0.2) is 9.59 Å². The van der Waals surface area contributed by atoms with Crippen LogP contribution in [0.15, 0.2) is 18.2 Å². The molecule has 1 aliphatic carbocycles. The summed E-state index contributed by atoms with van der Waals surface area (Å²) in [5.74, 6) is -1.07. The van der Waals surface area contributed by atoms with Gasteiger partial charge in [-0.15, -0.1) is 0 Å². The number of benzene rings is 1. The van der Waals surface area contributed by atoms with Gasteiger partial charge < -0.3 is 9.84 Å². The monoisotopic (exact) mass is 263 g/mol. The van der Waals surface area contributed by atoms with E-state index in [4.69, 9.17) is 9.84 Å². The van der Waals surface area contributed by atoms with Crippen molar-refractivity contribution in [1.29, 1.82) is 0 Å². The van der Waals surface area contributed by atoms with Gasteiger partial charge >= 0.3 is 12.1 Å². The molecule has 1 aromatic carbocycles. The van der Waals surface area contributed by atoms with Crippen LogP contribution < -0.4 is 5.32 Å². The number of hydrogen-bond donors (Lipinski definition) is 2. The first-order valence-electron chi connectivity index (χ1n) is 6.38. The lowest BCUT2D eigenvalue weighted by Crippen LogP contribution is -2.21. The summed E-state index contributed by atoms with van der Waals surface area (Å²) in [6.45, 7) is 1.80. The highest BCUT2D eigenvalue weighted by atomic mass is 16.6. The summed E-state index contributed by atoms with van der Waals surface area (Å²) < 4.78 is 5.24. The number of anilines is 1. The second-order valence-corrected chi connectivity index (χ2v) is 4.79. The zero-order chi connectivity index (χ0) is 13.8. The maximum Gasteiger partial charge on any atom is 0.411 e. The van der Waals surface area contributed by atoms with Crippen molar-refractivity contribution in [3.05, 3.63) is 29.3 Å².